The van der Waals surface area contributed by atoms with Crippen molar-refractivity contribution in [2.75, 3.05) is 7.11 Å². The van der Waals surface area contributed by atoms with Gasteiger partial charge in [0, 0.05) is 10.8 Å². The van der Waals surface area contributed by atoms with Gasteiger partial charge in [0.2, 0.25) is 0 Å². The van der Waals surface area contributed by atoms with Gasteiger partial charge in [-0.25, -0.2) is 24.8 Å². The largest absolute Gasteiger partial charge is 0.467 e. The van der Waals surface area contributed by atoms with Gasteiger partial charge in [0.25, 0.3) is 0 Å². The molecule has 0 aromatic heterocycles. The molecule has 0 spiro atoms. The lowest BCUT2D eigenvalue weighted by Crippen LogP contribution is -2.56. The predicted octanol–water partition coefficient (Wildman–Crippen LogP) is 5.06. The van der Waals surface area contributed by atoms with E-state index in [-0.39, 0.29) is 33.9 Å². The summed E-state index contributed by atoms with van der Waals surface area (Å²) in [5.74, 6) is 0.346. The fourth-order valence-electron chi connectivity index (χ4n) is 7.63. The molecule has 4 fully saturated rings. The van der Waals surface area contributed by atoms with Gasteiger partial charge in [-0.15, -0.1) is 0 Å². The Morgan fingerprint density at radius 1 is 0.853 bits per heavy atom. The van der Waals surface area contributed by atoms with Crippen molar-refractivity contribution in [1.29, 1.82) is 0 Å². The molecular weight excluding hydrogens is 436 g/mol. The summed E-state index contributed by atoms with van der Waals surface area (Å²) in [5.41, 5.74) is 2.40. The van der Waals surface area contributed by atoms with Crippen LogP contribution in [0.1, 0.15) is 87.0 Å². The third kappa shape index (κ3) is 3.41. The average Bonchev–Trinajstić information content (AvgIpc) is 3.28. The Hall–Kier alpha value is -1.99. The van der Waals surface area contributed by atoms with Crippen molar-refractivity contribution in [3.05, 3.63) is 0 Å². The number of carbonyl (C=O) groups excluding carboxylic acids is 3. The summed E-state index contributed by atoms with van der Waals surface area (Å²) >= 11 is 0. The highest BCUT2D eigenvalue weighted by atomic mass is 16.6. The number of hydrogen-bond donors (Lipinski definition) is 1. The highest BCUT2D eigenvalue weighted by Crippen LogP contribution is 2.67. The molecule has 34 heavy (non-hydrogen) atoms. The number of fused-ring (bicyclic) bond motifs is 4. The zero-order valence-corrected chi connectivity index (χ0v) is 22.0. The molecule has 4 aliphatic carbocycles. The minimum Gasteiger partial charge on any atom is -0.467 e. The van der Waals surface area contributed by atoms with Crippen LogP contribution in [0.15, 0.2) is 0 Å². The molecular formula is C26H42N2O6. The number of hydrogen-bond acceptors (Lipinski definition) is 6. The minimum atomic E-state index is -1.06. The van der Waals surface area contributed by atoms with Crippen LogP contribution in [0.2, 0.25) is 0 Å². The van der Waals surface area contributed by atoms with Crippen LogP contribution < -0.4 is 5.43 Å². The quantitative estimate of drug-likeness (QED) is 0.345. The van der Waals surface area contributed by atoms with E-state index in [2.05, 4.69) is 47.0 Å². The van der Waals surface area contributed by atoms with Crippen molar-refractivity contribution in [1.82, 2.24) is 10.4 Å². The zero-order valence-electron chi connectivity index (χ0n) is 22.0. The monoisotopic (exact) mass is 478 g/mol. The van der Waals surface area contributed by atoms with Crippen LogP contribution in [-0.4, -0.2) is 48.5 Å². The van der Waals surface area contributed by atoms with Crippen LogP contribution in [0.4, 0.5) is 9.59 Å². The van der Waals surface area contributed by atoms with E-state index in [9.17, 15) is 14.4 Å². The SMILES string of the molecule is COC(=O)[C@H](C)N(NC(=O)O[C@@H]1C[C@H]2CC[C@]1(C)C2(C)C)C(=O)O[C@@H]1C[C@H]2CC[C@]1(C)C2(C)C. The molecule has 192 valence electrons. The highest BCUT2D eigenvalue weighted by Gasteiger charge is 2.64. The van der Waals surface area contributed by atoms with Gasteiger partial charge in [0.05, 0.1) is 7.11 Å². The maximum atomic E-state index is 13.3. The molecule has 0 radical (unpaired) electrons. The summed E-state index contributed by atoms with van der Waals surface area (Å²) in [6.45, 7) is 14.8. The van der Waals surface area contributed by atoms with Gasteiger partial charge in [0.1, 0.15) is 12.2 Å². The molecule has 4 bridgehead atoms. The maximum Gasteiger partial charge on any atom is 0.429 e. The van der Waals surface area contributed by atoms with Gasteiger partial charge in [-0.1, -0.05) is 41.5 Å². The van der Waals surface area contributed by atoms with E-state index in [4.69, 9.17) is 14.2 Å². The number of carbonyl (C=O) groups is 3. The van der Waals surface area contributed by atoms with Crippen LogP contribution in [0.3, 0.4) is 0 Å². The fourth-order valence-corrected chi connectivity index (χ4v) is 7.63. The van der Waals surface area contributed by atoms with E-state index in [1.54, 1.807) is 0 Å². The second-order valence-electron chi connectivity index (χ2n) is 12.7. The first-order valence-electron chi connectivity index (χ1n) is 12.7. The number of nitrogens with one attached hydrogen (secondary N) is 1. The lowest BCUT2D eigenvalue weighted by molar-refractivity contribution is -0.147. The molecule has 0 aliphatic heterocycles. The third-order valence-electron chi connectivity index (χ3n) is 11.3. The molecule has 0 aromatic rings. The normalized spacial score (nSPS) is 39.4. The summed E-state index contributed by atoms with van der Waals surface area (Å²) in [6.07, 6.45) is 3.84. The van der Waals surface area contributed by atoms with E-state index in [0.717, 1.165) is 43.5 Å². The van der Waals surface area contributed by atoms with E-state index >= 15 is 0 Å². The molecule has 4 saturated carbocycles. The number of ether oxygens (including phenoxy) is 3. The van der Waals surface area contributed by atoms with E-state index in [0.29, 0.717) is 11.8 Å². The summed E-state index contributed by atoms with van der Waals surface area (Å²) in [5, 5.41) is 0.928. The molecule has 2 amide bonds. The Labute approximate surface area is 203 Å². The molecule has 8 nitrogen and oxygen atoms in total. The molecule has 0 heterocycles. The van der Waals surface area contributed by atoms with E-state index in [1.807, 2.05) is 0 Å². The predicted molar refractivity (Wildman–Crippen MR) is 125 cm³/mol. The van der Waals surface area contributed by atoms with Crippen molar-refractivity contribution < 1.29 is 28.6 Å². The molecule has 4 aliphatic rings. The summed E-state index contributed by atoms with van der Waals surface area (Å²) < 4.78 is 16.6. The Balaban J connectivity index is 1.46. The van der Waals surface area contributed by atoms with Crippen molar-refractivity contribution in [2.45, 2.75) is 105 Å². The first-order valence-corrected chi connectivity index (χ1v) is 12.7. The lowest BCUT2D eigenvalue weighted by atomic mass is 9.70. The van der Waals surface area contributed by atoms with Crippen molar-refractivity contribution in [3.8, 4) is 0 Å². The first kappa shape index (κ1) is 25.1. The minimum absolute atomic E-state index is 0.0626. The molecule has 7 atom stereocenters. The van der Waals surface area contributed by atoms with Gasteiger partial charge >= 0.3 is 18.2 Å². The van der Waals surface area contributed by atoms with Crippen LogP contribution in [0.25, 0.3) is 0 Å². The molecule has 0 saturated heterocycles. The second-order valence-corrected chi connectivity index (χ2v) is 12.7. The Kier molecular flexibility index (Phi) is 5.92. The van der Waals surface area contributed by atoms with Gasteiger partial charge in [-0.2, -0.15) is 0 Å². The molecule has 4 rings (SSSR count). The van der Waals surface area contributed by atoms with Crippen molar-refractivity contribution in [2.24, 2.45) is 33.5 Å². The van der Waals surface area contributed by atoms with Crippen molar-refractivity contribution in [3.63, 3.8) is 0 Å². The zero-order chi connectivity index (χ0) is 25.3. The maximum absolute atomic E-state index is 13.3. The smallest absolute Gasteiger partial charge is 0.429 e. The number of amides is 2. The highest BCUT2D eigenvalue weighted by molar-refractivity contribution is 5.82. The van der Waals surface area contributed by atoms with Crippen molar-refractivity contribution >= 4 is 18.2 Å². The molecule has 0 aromatic carbocycles. The first-order chi connectivity index (χ1) is 15.7. The number of methoxy groups -OCH3 is 1. The number of hydrazine groups is 1. The average molecular weight is 479 g/mol. The van der Waals surface area contributed by atoms with Gasteiger partial charge < -0.3 is 14.2 Å². The van der Waals surface area contributed by atoms with E-state index < -0.39 is 24.2 Å². The molecule has 1 N–H and O–H groups in total. The topological polar surface area (TPSA) is 94.2 Å². The Morgan fingerprint density at radius 3 is 1.71 bits per heavy atom. The Bertz CT molecular complexity index is 871. The fraction of sp³-hybridized carbons (Fsp3) is 0.885. The van der Waals surface area contributed by atoms with Crippen LogP contribution in [0, 0.1) is 33.5 Å². The Morgan fingerprint density at radius 2 is 1.32 bits per heavy atom. The standard InChI is InChI=1S/C26H42N2O6/c1-15(20(29)32-8)28(22(31)34-19-14-17-10-12-26(19,7)24(17,4)5)27-21(30)33-18-13-16-9-11-25(18,6)23(16,2)3/h15-19H,9-14H2,1-8H3,(H,27,30)/t15-,16+,17+,18+,19+,25-,26-/m0/s1. The van der Waals surface area contributed by atoms with Crippen LogP contribution in [-0.2, 0) is 19.0 Å². The third-order valence-corrected chi connectivity index (χ3v) is 11.3. The van der Waals surface area contributed by atoms with Gasteiger partial charge in [-0.05, 0) is 68.1 Å². The summed E-state index contributed by atoms with van der Waals surface area (Å²) in [7, 11) is 1.25. The van der Waals surface area contributed by atoms with Gasteiger partial charge in [0.15, 0.2) is 6.04 Å². The van der Waals surface area contributed by atoms with Crippen LogP contribution in [0.5, 0.6) is 0 Å². The number of rotatable bonds is 4. The number of nitrogens with zero attached hydrogens (tertiary/aromatic N) is 1. The lowest BCUT2D eigenvalue weighted by Gasteiger charge is -2.40. The second kappa shape index (κ2) is 8.02. The van der Waals surface area contributed by atoms with Crippen LogP contribution >= 0.6 is 0 Å². The number of esters is 1. The van der Waals surface area contributed by atoms with Gasteiger partial charge in [-0.3, -0.25) is 0 Å². The molecule has 8 heteroatoms. The molecule has 0 unspecified atom stereocenters. The summed E-state index contributed by atoms with van der Waals surface area (Å²) in [6, 6.07) is -1.06. The van der Waals surface area contributed by atoms with E-state index in [1.165, 1.54) is 14.0 Å². The summed E-state index contributed by atoms with van der Waals surface area (Å²) in [4.78, 5) is 38.5.